The van der Waals surface area contributed by atoms with E-state index in [9.17, 15) is 0 Å². The molecule has 0 atom stereocenters. The fourth-order valence-electron chi connectivity index (χ4n) is 4.67. The average molecular weight is 383 g/mol. The zero-order valence-corrected chi connectivity index (χ0v) is 16.9. The predicted octanol–water partition coefficient (Wildman–Crippen LogP) is 3.01. The van der Waals surface area contributed by atoms with E-state index in [2.05, 4.69) is 103 Å². The Kier molecular flexibility index (Phi) is 3.99. The highest BCUT2D eigenvalue weighted by atomic mass is 28.3. The maximum Gasteiger partial charge on any atom is 0.180 e. The minimum absolute atomic E-state index is 0.904. The van der Waals surface area contributed by atoms with Gasteiger partial charge in [0.15, 0.2) is 8.07 Å². The van der Waals surface area contributed by atoms with Gasteiger partial charge in [-0.3, -0.25) is 0 Å². The number of rotatable bonds is 2. The first-order valence-electron chi connectivity index (χ1n) is 9.62. The maximum absolute atomic E-state index is 5.80. The minimum atomic E-state index is -2.47. The lowest BCUT2D eigenvalue weighted by Crippen LogP contribution is -2.72. The molecule has 0 aromatic heterocycles. The molecule has 0 N–H and O–H groups in total. The molecule has 0 aliphatic carbocycles. The molecule has 29 heavy (non-hydrogen) atoms. The normalized spacial score (nSPS) is 13.0. The number of hydrogen-bond donors (Lipinski definition) is 0. The summed E-state index contributed by atoms with van der Waals surface area (Å²) in [5.74, 6) is 5.64. The maximum atomic E-state index is 5.80. The van der Waals surface area contributed by atoms with Crippen LogP contribution in [0.15, 0.2) is 97.1 Å². The van der Waals surface area contributed by atoms with Crippen molar-refractivity contribution in [2.45, 2.75) is 0 Å². The molecule has 1 aliphatic rings. The second kappa shape index (κ2) is 6.68. The van der Waals surface area contributed by atoms with Crippen molar-refractivity contribution >= 4 is 28.8 Å². The van der Waals surface area contributed by atoms with Gasteiger partial charge < -0.3 is 0 Å². The van der Waals surface area contributed by atoms with Gasteiger partial charge in [-0.1, -0.05) is 84.6 Å². The molecule has 4 aromatic rings. The van der Waals surface area contributed by atoms with Gasteiger partial charge in [-0.05, 0) is 56.1 Å². The van der Waals surface area contributed by atoms with E-state index in [4.69, 9.17) is 12.8 Å². The molecule has 1 heteroatoms. The Bertz CT molecular complexity index is 1260. The summed E-state index contributed by atoms with van der Waals surface area (Å²) in [7, 11) is -2.47. The van der Waals surface area contributed by atoms with Crippen LogP contribution in [0.4, 0.5) is 0 Å². The van der Waals surface area contributed by atoms with Crippen molar-refractivity contribution in [2.75, 3.05) is 0 Å². The molecule has 0 spiro atoms. The molecule has 0 saturated heterocycles. The third-order valence-electron chi connectivity index (χ3n) is 5.88. The van der Waals surface area contributed by atoms with Crippen LogP contribution in [0.25, 0.3) is 11.1 Å². The van der Waals surface area contributed by atoms with Gasteiger partial charge in [-0.15, -0.1) is 12.8 Å². The molecule has 0 fully saturated rings. The van der Waals surface area contributed by atoms with E-state index < -0.39 is 8.07 Å². The van der Waals surface area contributed by atoms with Gasteiger partial charge in [-0.2, -0.15) is 0 Å². The summed E-state index contributed by atoms with van der Waals surface area (Å²) in [5, 5.41) is 5.43. The van der Waals surface area contributed by atoms with E-state index in [1.165, 1.54) is 31.9 Å². The Balaban J connectivity index is 1.99. The quantitative estimate of drug-likeness (QED) is 0.325. The molecule has 0 saturated carbocycles. The van der Waals surface area contributed by atoms with E-state index in [1.54, 1.807) is 0 Å². The van der Waals surface area contributed by atoms with Crippen LogP contribution >= 0.6 is 0 Å². The van der Waals surface area contributed by atoms with Gasteiger partial charge >= 0.3 is 0 Å². The van der Waals surface area contributed by atoms with E-state index in [-0.39, 0.29) is 0 Å². The third-order valence-corrected chi connectivity index (χ3v) is 10.7. The van der Waals surface area contributed by atoms with E-state index in [0.29, 0.717) is 0 Å². The lowest BCUT2D eigenvalue weighted by atomic mass is 10.0. The zero-order valence-electron chi connectivity index (χ0n) is 15.9. The van der Waals surface area contributed by atoms with Crippen LogP contribution in [0.5, 0.6) is 0 Å². The fourth-order valence-corrected chi connectivity index (χ4v) is 9.86. The van der Waals surface area contributed by atoms with Crippen molar-refractivity contribution in [1.82, 2.24) is 0 Å². The zero-order chi connectivity index (χ0) is 19.8. The Hall–Kier alpha value is -3.78. The highest BCUT2D eigenvalue weighted by Gasteiger charge is 2.48. The summed E-state index contributed by atoms with van der Waals surface area (Å²) in [6.07, 6.45) is 11.5. The van der Waals surface area contributed by atoms with Crippen LogP contribution in [0.1, 0.15) is 11.1 Å². The molecule has 1 aliphatic heterocycles. The van der Waals surface area contributed by atoms with Crippen LogP contribution < -0.4 is 20.7 Å². The molecule has 0 unspecified atom stereocenters. The average Bonchev–Trinajstić information content (AvgIpc) is 3.09. The molecule has 1 heterocycles. The van der Waals surface area contributed by atoms with Crippen LogP contribution in [-0.2, 0) is 0 Å². The lowest BCUT2D eigenvalue weighted by molar-refractivity contribution is 1.65. The third kappa shape index (κ3) is 2.42. The molecule has 134 valence electrons. The van der Waals surface area contributed by atoms with E-state index in [1.807, 2.05) is 6.07 Å². The van der Waals surface area contributed by atoms with Crippen molar-refractivity contribution in [3.8, 4) is 35.8 Å². The Labute approximate surface area is 172 Å². The molecular formula is C28H18Si. The van der Waals surface area contributed by atoms with Crippen molar-refractivity contribution in [1.29, 1.82) is 0 Å². The van der Waals surface area contributed by atoms with E-state index in [0.717, 1.165) is 11.1 Å². The van der Waals surface area contributed by atoms with Gasteiger partial charge in [0.1, 0.15) is 0 Å². The second-order valence-corrected chi connectivity index (χ2v) is 11.0. The summed E-state index contributed by atoms with van der Waals surface area (Å²) in [4.78, 5) is 0. The first-order chi connectivity index (χ1) is 14.3. The molecular weight excluding hydrogens is 364 g/mol. The van der Waals surface area contributed by atoms with Crippen molar-refractivity contribution < 1.29 is 0 Å². The van der Waals surface area contributed by atoms with E-state index >= 15 is 0 Å². The van der Waals surface area contributed by atoms with Crippen molar-refractivity contribution in [3.05, 3.63) is 108 Å². The Morgan fingerprint density at radius 3 is 1.66 bits per heavy atom. The number of benzene rings is 4. The predicted molar refractivity (Wildman–Crippen MR) is 125 cm³/mol. The van der Waals surface area contributed by atoms with Gasteiger partial charge in [0.2, 0.25) is 0 Å². The van der Waals surface area contributed by atoms with Gasteiger partial charge in [0, 0.05) is 11.1 Å². The van der Waals surface area contributed by atoms with Crippen LogP contribution in [0.2, 0.25) is 0 Å². The standard InChI is InChI=1S/C28H18Si/c1-3-21-16-18-27-26(19-21)25-17-15-22(4-2)20-28(25)29(27,23-11-7-5-8-12-23)24-13-9-6-10-14-24/h1-2,5-20H. The molecule has 5 rings (SSSR count). The first kappa shape index (κ1) is 17.3. The highest BCUT2D eigenvalue weighted by molar-refractivity contribution is 7.22. The minimum Gasteiger partial charge on any atom is -0.115 e. The summed E-state index contributed by atoms with van der Waals surface area (Å²) < 4.78 is 0. The fraction of sp³-hybridized carbons (Fsp3) is 0. The largest absolute Gasteiger partial charge is 0.180 e. The summed E-state index contributed by atoms with van der Waals surface area (Å²) in [5.41, 5.74) is 4.30. The molecule has 4 aromatic carbocycles. The number of hydrogen-bond acceptors (Lipinski definition) is 0. The Morgan fingerprint density at radius 2 is 1.07 bits per heavy atom. The first-order valence-corrected chi connectivity index (χ1v) is 11.6. The number of fused-ring (bicyclic) bond motifs is 3. The number of terminal acetylenes is 2. The van der Waals surface area contributed by atoms with Gasteiger partial charge in [-0.25, -0.2) is 0 Å². The molecule has 0 radical (unpaired) electrons. The van der Waals surface area contributed by atoms with Gasteiger partial charge in [0.25, 0.3) is 0 Å². The van der Waals surface area contributed by atoms with Crippen LogP contribution in [0.3, 0.4) is 0 Å². The van der Waals surface area contributed by atoms with Crippen LogP contribution in [0, 0.1) is 24.7 Å². The van der Waals surface area contributed by atoms with Gasteiger partial charge in [0.05, 0.1) is 0 Å². The topological polar surface area (TPSA) is 0 Å². The summed E-state index contributed by atoms with van der Waals surface area (Å²) in [6, 6.07) is 34.6. The van der Waals surface area contributed by atoms with Crippen molar-refractivity contribution in [3.63, 3.8) is 0 Å². The Morgan fingerprint density at radius 1 is 0.517 bits per heavy atom. The molecule has 0 bridgehead atoms. The lowest BCUT2D eigenvalue weighted by Gasteiger charge is -2.31. The van der Waals surface area contributed by atoms with Crippen LogP contribution in [-0.4, -0.2) is 8.07 Å². The summed E-state index contributed by atoms with van der Waals surface area (Å²) in [6.45, 7) is 0. The highest BCUT2D eigenvalue weighted by Crippen LogP contribution is 2.29. The monoisotopic (exact) mass is 382 g/mol. The molecule has 0 amide bonds. The SMILES string of the molecule is C#Cc1ccc2c(c1)-c1ccc(C#C)cc1[Si]2(c1ccccc1)c1ccccc1. The second-order valence-electron chi connectivity index (χ2n) is 7.29. The van der Waals surface area contributed by atoms with Crippen molar-refractivity contribution in [2.24, 2.45) is 0 Å². The smallest absolute Gasteiger partial charge is 0.115 e. The summed E-state index contributed by atoms with van der Waals surface area (Å²) >= 11 is 0. The molecule has 0 nitrogen and oxygen atoms in total.